The first kappa shape index (κ1) is 18.5. The number of halogens is 3. The van der Waals surface area contributed by atoms with Gasteiger partial charge in [-0.1, -0.05) is 6.07 Å². The van der Waals surface area contributed by atoms with Gasteiger partial charge in [-0.25, -0.2) is 4.79 Å². The van der Waals surface area contributed by atoms with Crippen LogP contribution in [0.4, 0.5) is 18.0 Å². The average Bonchev–Trinajstić information content (AvgIpc) is 2.77. The quantitative estimate of drug-likeness (QED) is 0.892. The number of amides is 1. The molecule has 1 fully saturated rings. The van der Waals surface area contributed by atoms with Crippen LogP contribution in [0.2, 0.25) is 0 Å². The van der Waals surface area contributed by atoms with Gasteiger partial charge in [-0.15, -0.1) is 0 Å². The van der Waals surface area contributed by atoms with Gasteiger partial charge >= 0.3 is 12.3 Å². The number of ether oxygens (including phenoxy) is 1. The molecule has 8 heteroatoms. The SMILES string of the molecule is CC(C)(C)OC(=O)N1C(Cc2ccc(C(F)(F)F)nc2)CC[C@H]1O. The number of hydrogen-bond acceptors (Lipinski definition) is 4. The molecule has 0 aromatic carbocycles. The number of rotatable bonds is 2. The predicted octanol–water partition coefficient (Wildman–Crippen LogP) is 3.36. The molecular formula is C16H21F3N2O3. The Bertz CT molecular complexity index is 582. The topological polar surface area (TPSA) is 62.7 Å². The molecule has 1 aromatic heterocycles. The second kappa shape index (κ2) is 6.58. The minimum absolute atomic E-state index is 0.307. The van der Waals surface area contributed by atoms with Crippen molar-refractivity contribution in [2.45, 2.75) is 64.1 Å². The Kier molecular flexibility index (Phi) is 5.08. The third kappa shape index (κ3) is 4.59. The molecule has 0 bridgehead atoms. The van der Waals surface area contributed by atoms with Gasteiger partial charge in [0.2, 0.25) is 0 Å². The van der Waals surface area contributed by atoms with Crippen molar-refractivity contribution in [1.29, 1.82) is 0 Å². The molecule has 1 unspecified atom stereocenters. The summed E-state index contributed by atoms with van der Waals surface area (Å²) in [7, 11) is 0. The molecule has 0 radical (unpaired) electrons. The number of carbonyl (C=O) groups is 1. The molecule has 0 spiro atoms. The zero-order valence-electron chi connectivity index (χ0n) is 13.8. The maximum absolute atomic E-state index is 12.5. The molecule has 1 amide bonds. The molecule has 2 rings (SSSR count). The summed E-state index contributed by atoms with van der Waals surface area (Å²) < 4.78 is 42.9. The second-order valence-corrected chi connectivity index (χ2v) is 6.85. The van der Waals surface area contributed by atoms with Gasteiger partial charge in [-0.05, 0) is 51.7 Å². The lowest BCUT2D eigenvalue weighted by Crippen LogP contribution is -2.45. The summed E-state index contributed by atoms with van der Waals surface area (Å²) in [6, 6.07) is 1.92. The third-order valence-electron chi connectivity index (χ3n) is 3.66. The third-order valence-corrected chi connectivity index (χ3v) is 3.66. The van der Waals surface area contributed by atoms with Crippen molar-refractivity contribution in [3.8, 4) is 0 Å². The predicted molar refractivity (Wildman–Crippen MR) is 80.0 cm³/mol. The second-order valence-electron chi connectivity index (χ2n) is 6.85. The number of nitrogens with zero attached hydrogens (tertiary/aromatic N) is 2. The summed E-state index contributed by atoms with van der Waals surface area (Å²) in [5.74, 6) is 0. The highest BCUT2D eigenvalue weighted by atomic mass is 19.4. The summed E-state index contributed by atoms with van der Waals surface area (Å²) in [5.41, 5.74) is -1.09. The molecule has 2 heterocycles. The zero-order valence-corrected chi connectivity index (χ0v) is 13.8. The highest BCUT2D eigenvalue weighted by Gasteiger charge is 2.38. The fourth-order valence-corrected chi connectivity index (χ4v) is 2.63. The van der Waals surface area contributed by atoms with E-state index in [1.54, 1.807) is 20.8 Å². The van der Waals surface area contributed by atoms with Crippen LogP contribution in [0.15, 0.2) is 18.3 Å². The molecule has 24 heavy (non-hydrogen) atoms. The summed E-state index contributed by atoms with van der Waals surface area (Å²) >= 11 is 0. The van der Waals surface area contributed by atoms with E-state index in [9.17, 15) is 23.1 Å². The molecule has 0 saturated carbocycles. The molecule has 1 N–H and O–H groups in total. The van der Waals surface area contributed by atoms with E-state index >= 15 is 0 Å². The van der Waals surface area contributed by atoms with Crippen molar-refractivity contribution in [3.63, 3.8) is 0 Å². The number of aliphatic hydroxyl groups is 1. The molecule has 2 atom stereocenters. The number of pyridine rings is 1. The highest BCUT2D eigenvalue weighted by molar-refractivity contribution is 5.69. The van der Waals surface area contributed by atoms with Crippen LogP contribution in [0.1, 0.15) is 44.9 Å². The summed E-state index contributed by atoms with van der Waals surface area (Å²) in [5, 5.41) is 10.0. The first-order chi connectivity index (χ1) is 11.0. The van der Waals surface area contributed by atoms with Crippen LogP contribution >= 0.6 is 0 Å². The minimum atomic E-state index is -4.48. The first-order valence-electron chi connectivity index (χ1n) is 7.69. The largest absolute Gasteiger partial charge is 0.444 e. The number of hydrogen-bond donors (Lipinski definition) is 1. The highest BCUT2D eigenvalue weighted by Crippen LogP contribution is 2.29. The fourth-order valence-electron chi connectivity index (χ4n) is 2.63. The minimum Gasteiger partial charge on any atom is -0.444 e. The van der Waals surface area contributed by atoms with E-state index in [1.165, 1.54) is 11.0 Å². The molecule has 1 aromatic rings. The van der Waals surface area contributed by atoms with E-state index in [-0.39, 0.29) is 6.04 Å². The van der Waals surface area contributed by atoms with Crippen LogP contribution in [-0.2, 0) is 17.3 Å². The van der Waals surface area contributed by atoms with E-state index in [0.717, 1.165) is 12.3 Å². The Balaban J connectivity index is 2.09. The maximum atomic E-state index is 12.5. The van der Waals surface area contributed by atoms with Crippen LogP contribution in [0.3, 0.4) is 0 Å². The molecule has 134 valence electrons. The number of likely N-dealkylation sites (tertiary alicyclic amines) is 1. The molecule has 1 aliphatic heterocycles. The lowest BCUT2D eigenvalue weighted by molar-refractivity contribution is -0.141. The van der Waals surface area contributed by atoms with E-state index in [0.29, 0.717) is 24.8 Å². The van der Waals surface area contributed by atoms with Crippen LogP contribution in [0, 0.1) is 0 Å². The Morgan fingerprint density at radius 2 is 2.00 bits per heavy atom. The lowest BCUT2D eigenvalue weighted by Gasteiger charge is -2.30. The Hall–Kier alpha value is -1.83. The number of aromatic nitrogens is 1. The van der Waals surface area contributed by atoms with Gasteiger partial charge in [0.05, 0.1) is 0 Å². The van der Waals surface area contributed by atoms with E-state index in [2.05, 4.69) is 4.98 Å². The maximum Gasteiger partial charge on any atom is 0.433 e. The number of carbonyl (C=O) groups excluding carboxylic acids is 1. The summed E-state index contributed by atoms with van der Waals surface area (Å²) in [6.07, 6.45) is -3.66. The molecular weight excluding hydrogens is 325 g/mol. The fraction of sp³-hybridized carbons (Fsp3) is 0.625. The van der Waals surface area contributed by atoms with Gasteiger partial charge < -0.3 is 9.84 Å². The van der Waals surface area contributed by atoms with Crippen molar-refractivity contribution >= 4 is 6.09 Å². The van der Waals surface area contributed by atoms with E-state index < -0.39 is 29.8 Å². The van der Waals surface area contributed by atoms with Crippen molar-refractivity contribution in [2.24, 2.45) is 0 Å². The normalized spacial score (nSPS) is 21.9. The van der Waals surface area contributed by atoms with Crippen LogP contribution in [-0.4, -0.2) is 39.0 Å². The van der Waals surface area contributed by atoms with Crippen LogP contribution in [0.5, 0.6) is 0 Å². The van der Waals surface area contributed by atoms with Crippen LogP contribution < -0.4 is 0 Å². The van der Waals surface area contributed by atoms with E-state index in [4.69, 9.17) is 4.74 Å². The smallest absolute Gasteiger partial charge is 0.433 e. The van der Waals surface area contributed by atoms with Gasteiger partial charge in [0, 0.05) is 12.2 Å². The summed E-state index contributed by atoms with van der Waals surface area (Å²) in [6.45, 7) is 5.17. The summed E-state index contributed by atoms with van der Waals surface area (Å²) in [4.78, 5) is 16.9. The Morgan fingerprint density at radius 3 is 2.50 bits per heavy atom. The van der Waals surface area contributed by atoms with Crippen molar-refractivity contribution < 1.29 is 27.8 Å². The zero-order chi connectivity index (χ0) is 18.1. The van der Waals surface area contributed by atoms with Crippen molar-refractivity contribution in [2.75, 3.05) is 0 Å². The van der Waals surface area contributed by atoms with E-state index in [1.807, 2.05) is 0 Å². The van der Waals surface area contributed by atoms with Gasteiger partial charge in [0.25, 0.3) is 0 Å². The molecule has 1 aliphatic rings. The Morgan fingerprint density at radius 1 is 1.33 bits per heavy atom. The lowest BCUT2D eigenvalue weighted by atomic mass is 10.1. The average molecular weight is 346 g/mol. The van der Waals surface area contributed by atoms with Gasteiger partial charge in [0.1, 0.15) is 17.5 Å². The van der Waals surface area contributed by atoms with Crippen molar-refractivity contribution in [1.82, 2.24) is 9.88 Å². The standard InChI is InChI=1S/C16H21F3N2O3/c1-15(2,3)24-14(23)21-11(5-7-13(21)22)8-10-4-6-12(20-9-10)16(17,18)19/h4,6,9,11,13,22H,5,7-8H2,1-3H3/t11?,13-/m1/s1. The Labute approximate surface area is 138 Å². The molecule has 0 aliphatic carbocycles. The van der Waals surface area contributed by atoms with Gasteiger partial charge in [-0.3, -0.25) is 9.88 Å². The number of alkyl halides is 3. The van der Waals surface area contributed by atoms with Crippen molar-refractivity contribution in [3.05, 3.63) is 29.6 Å². The molecule has 1 saturated heterocycles. The van der Waals surface area contributed by atoms with Crippen LogP contribution in [0.25, 0.3) is 0 Å². The van der Waals surface area contributed by atoms with Gasteiger partial charge in [-0.2, -0.15) is 13.2 Å². The molecule has 5 nitrogen and oxygen atoms in total. The number of aliphatic hydroxyl groups excluding tert-OH is 1. The van der Waals surface area contributed by atoms with Gasteiger partial charge in [0.15, 0.2) is 0 Å². The first-order valence-corrected chi connectivity index (χ1v) is 7.69. The monoisotopic (exact) mass is 346 g/mol.